The Kier molecular flexibility index (Phi) is 5.22. The van der Waals surface area contributed by atoms with Crippen LogP contribution in [0.2, 0.25) is 0 Å². The lowest BCUT2D eigenvalue weighted by atomic mass is 10.0. The van der Waals surface area contributed by atoms with Gasteiger partial charge in [-0.05, 0) is 38.9 Å². The van der Waals surface area contributed by atoms with Crippen LogP contribution in [-0.2, 0) is 4.79 Å². The molecule has 2 aliphatic heterocycles. The highest BCUT2D eigenvalue weighted by atomic mass is 19.1. The fourth-order valence-electron chi connectivity index (χ4n) is 3.28. The lowest BCUT2D eigenvalue weighted by Crippen LogP contribution is -2.48. The van der Waals surface area contributed by atoms with Crippen LogP contribution in [-0.4, -0.2) is 42.5 Å². The second-order valence-electron chi connectivity index (χ2n) is 6.21. The smallest absolute Gasteiger partial charge is 0.240 e. The zero-order valence-electron chi connectivity index (χ0n) is 13.3. The number of likely N-dealkylation sites (tertiary alicyclic amines) is 1. The lowest BCUT2D eigenvalue weighted by molar-refractivity contribution is -0.123. The number of benzene rings is 1. The van der Waals surface area contributed by atoms with Gasteiger partial charge in [-0.25, -0.2) is 15.2 Å². The Hall–Kier alpha value is -1.54. The Labute approximate surface area is 135 Å². The van der Waals surface area contributed by atoms with Gasteiger partial charge in [0.1, 0.15) is 11.9 Å². The first-order valence-electron chi connectivity index (χ1n) is 8.19. The highest BCUT2D eigenvalue weighted by molar-refractivity contribution is 5.82. The van der Waals surface area contributed by atoms with Crippen LogP contribution in [0.15, 0.2) is 24.3 Å². The molecule has 0 aliphatic carbocycles. The third-order valence-corrected chi connectivity index (χ3v) is 4.63. The number of nitrogens with one attached hydrogen (secondary N) is 4. The monoisotopic (exact) mass is 321 g/mol. The van der Waals surface area contributed by atoms with Crippen molar-refractivity contribution in [2.75, 3.05) is 19.6 Å². The Balaban J connectivity index is 1.69. The zero-order chi connectivity index (χ0) is 16.2. The van der Waals surface area contributed by atoms with Crippen molar-refractivity contribution >= 4 is 5.91 Å². The van der Waals surface area contributed by atoms with E-state index in [2.05, 4.69) is 26.6 Å². The maximum atomic E-state index is 14.2. The normalized spacial score (nSPS) is 26.3. The predicted octanol–water partition coefficient (Wildman–Crippen LogP) is 0.448. The summed E-state index contributed by atoms with van der Waals surface area (Å²) in [4.78, 5) is 14.6. The molecular weight excluding hydrogens is 297 g/mol. The van der Waals surface area contributed by atoms with E-state index in [1.165, 1.54) is 6.07 Å². The average Bonchev–Trinajstić information content (AvgIpc) is 3.20. The third-order valence-electron chi connectivity index (χ3n) is 4.63. The lowest BCUT2D eigenvalue weighted by Gasteiger charge is -2.29. The van der Waals surface area contributed by atoms with Gasteiger partial charge in [0, 0.05) is 18.2 Å². The van der Waals surface area contributed by atoms with Crippen LogP contribution in [0.4, 0.5) is 4.39 Å². The Bertz CT molecular complexity index is 549. The van der Waals surface area contributed by atoms with Crippen LogP contribution < -0.4 is 21.7 Å². The van der Waals surface area contributed by atoms with E-state index in [0.717, 1.165) is 25.9 Å². The first kappa shape index (κ1) is 16.3. The summed E-state index contributed by atoms with van der Waals surface area (Å²) in [7, 11) is 0. The predicted molar refractivity (Wildman–Crippen MR) is 85.6 cm³/mol. The summed E-state index contributed by atoms with van der Waals surface area (Å²) in [6, 6.07) is 6.36. The second kappa shape index (κ2) is 7.35. The molecule has 6 nitrogen and oxygen atoms in total. The topological polar surface area (TPSA) is 68.4 Å². The van der Waals surface area contributed by atoms with E-state index in [0.29, 0.717) is 12.1 Å². The number of hydrazine groups is 2. The standard InChI is InChI=1S/C16H24FN5O/c1-11-15(20-21-19-11)16(23)18-10-14(22-8-4-5-9-22)12-6-2-3-7-13(12)17/h2-3,6-7,11,14-15,19-21H,4-5,8-10H2,1H3,(H,18,23). The molecule has 3 rings (SSSR count). The number of amides is 1. The summed E-state index contributed by atoms with van der Waals surface area (Å²) in [5.74, 6) is -0.301. The van der Waals surface area contributed by atoms with Crippen LogP contribution >= 0.6 is 0 Å². The first-order chi connectivity index (χ1) is 11.2. The van der Waals surface area contributed by atoms with Gasteiger partial charge < -0.3 is 5.32 Å². The van der Waals surface area contributed by atoms with Gasteiger partial charge in [-0.1, -0.05) is 18.2 Å². The van der Waals surface area contributed by atoms with Crippen molar-refractivity contribution in [3.05, 3.63) is 35.6 Å². The molecule has 2 fully saturated rings. The van der Waals surface area contributed by atoms with E-state index in [1.54, 1.807) is 6.07 Å². The molecule has 1 aromatic rings. The summed E-state index contributed by atoms with van der Waals surface area (Å²) in [5, 5.41) is 2.97. The number of hydrogen-bond donors (Lipinski definition) is 4. The Morgan fingerprint density at radius 2 is 2.09 bits per heavy atom. The maximum absolute atomic E-state index is 14.2. The second-order valence-corrected chi connectivity index (χ2v) is 6.21. The summed E-state index contributed by atoms with van der Waals surface area (Å²) in [6.45, 7) is 4.21. The van der Waals surface area contributed by atoms with Gasteiger partial charge in [-0.3, -0.25) is 9.69 Å². The SMILES string of the molecule is CC1NNNC1C(=O)NCC(c1ccccc1F)N1CCCC1. The number of halogens is 1. The fraction of sp³-hybridized carbons (Fsp3) is 0.562. The van der Waals surface area contributed by atoms with E-state index in [-0.39, 0.29) is 29.8 Å². The van der Waals surface area contributed by atoms with Gasteiger partial charge >= 0.3 is 0 Å². The van der Waals surface area contributed by atoms with E-state index < -0.39 is 0 Å². The van der Waals surface area contributed by atoms with Crippen molar-refractivity contribution < 1.29 is 9.18 Å². The molecule has 2 saturated heterocycles. The van der Waals surface area contributed by atoms with Crippen molar-refractivity contribution in [3.8, 4) is 0 Å². The number of nitrogens with zero attached hydrogens (tertiary/aromatic N) is 1. The number of carbonyl (C=O) groups is 1. The number of carbonyl (C=O) groups excluding carboxylic acids is 1. The summed E-state index contributed by atoms with van der Waals surface area (Å²) in [6.07, 6.45) is 2.24. The Morgan fingerprint density at radius 1 is 1.35 bits per heavy atom. The van der Waals surface area contributed by atoms with Crippen LogP contribution in [0.5, 0.6) is 0 Å². The molecule has 0 aromatic heterocycles. The summed E-state index contributed by atoms with van der Waals surface area (Å²) in [5.41, 5.74) is 9.24. The van der Waals surface area contributed by atoms with Gasteiger partial charge in [0.15, 0.2) is 0 Å². The average molecular weight is 321 g/mol. The van der Waals surface area contributed by atoms with Gasteiger partial charge in [0.25, 0.3) is 0 Å². The largest absolute Gasteiger partial charge is 0.353 e. The van der Waals surface area contributed by atoms with Crippen LogP contribution in [0.1, 0.15) is 31.4 Å². The zero-order valence-corrected chi connectivity index (χ0v) is 13.3. The van der Waals surface area contributed by atoms with E-state index in [9.17, 15) is 9.18 Å². The highest BCUT2D eigenvalue weighted by Crippen LogP contribution is 2.26. The van der Waals surface area contributed by atoms with Gasteiger partial charge in [0.2, 0.25) is 5.91 Å². The van der Waals surface area contributed by atoms with Gasteiger partial charge in [0.05, 0.1) is 6.04 Å². The molecule has 0 radical (unpaired) electrons. The highest BCUT2D eigenvalue weighted by Gasteiger charge is 2.31. The third kappa shape index (κ3) is 3.69. The minimum Gasteiger partial charge on any atom is -0.353 e. The molecule has 126 valence electrons. The molecule has 0 spiro atoms. The van der Waals surface area contributed by atoms with Crippen LogP contribution in [0.25, 0.3) is 0 Å². The molecule has 1 aromatic carbocycles. The first-order valence-corrected chi connectivity index (χ1v) is 8.19. The molecule has 0 bridgehead atoms. The number of rotatable bonds is 5. The Morgan fingerprint density at radius 3 is 2.74 bits per heavy atom. The van der Waals surface area contributed by atoms with Gasteiger partial charge in [-0.2, -0.15) is 5.53 Å². The fourth-order valence-corrected chi connectivity index (χ4v) is 3.28. The van der Waals surface area contributed by atoms with Crippen molar-refractivity contribution in [1.29, 1.82) is 0 Å². The molecule has 3 unspecified atom stereocenters. The van der Waals surface area contributed by atoms with Crippen LogP contribution in [0.3, 0.4) is 0 Å². The minimum atomic E-state index is -0.338. The quantitative estimate of drug-likeness (QED) is 0.634. The van der Waals surface area contributed by atoms with Crippen molar-refractivity contribution in [2.45, 2.75) is 37.9 Å². The van der Waals surface area contributed by atoms with Gasteiger partial charge in [-0.15, -0.1) is 0 Å². The molecular formula is C16H24FN5O. The molecule has 2 aliphatic rings. The van der Waals surface area contributed by atoms with Crippen molar-refractivity contribution in [2.24, 2.45) is 0 Å². The molecule has 1 amide bonds. The molecule has 2 heterocycles. The molecule has 3 atom stereocenters. The molecule has 7 heteroatoms. The van der Waals surface area contributed by atoms with Crippen molar-refractivity contribution in [1.82, 2.24) is 26.6 Å². The van der Waals surface area contributed by atoms with Crippen LogP contribution in [0, 0.1) is 5.82 Å². The van der Waals surface area contributed by atoms with E-state index in [4.69, 9.17) is 0 Å². The van der Waals surface area contributed by atoms with E-state index in [1.807, 2.05) is 19.1 Å². The van der Waals surface area contributed by atoms with Crippen molar-refractivity contribution in [3.63, 3.8) is 0 Å². The molecule has 0 saturated carbocycles. The summed E-state index contributed by atoms with van der Waals surface area (Å²) < 4.78 is 14.2. The minimum absolute atomic E-state index is 0.00584. The van der Waals surface area contributed by atoms with E-state index >= 15 is 0 Å². The summed E-state index contributed by atoms with van der Waals surface area (Å²) >= 11 is 0. The molecule has 23 heavy (non-hydrogen) atoms. The molecule has 4 N–H and O–H groups in total. The number of hydrogen-bond acceptors (Lipinski definition) is 5. The maximum Gasteiger partial charge on any atom is 0.240 e.